The van der Waals surface area contributed by atoms with Gasteiger partial charge in [-0.3, -0.25) is 4.79 Å². The first-order valence-electron chi connectivity index (χ1n) is 4.54. The Hall–Kier alpha value is -1.84. The largest absolute Gasteiger partial charge is 0.478 e. The van der Waals surface area contributed by atoms with E-state index in [2.05, 4.69) is 5.32 Å². The number of aromatic carboxylic acids is 1. The van der Waals surface area contributed by atoms with Crippen molar-refractivity contribution in [3.05, 3.63) is 28.8 Å². The molecule has 0 saturated carbocycles. The summed E-state index contributed by atoms with van der Waals surface area (Å²) < 4.78 is 0. The minimum atomic E-state index is -1.03. The topological polar surface area (TPSA) is 66.4 Å². The Morgan fingerprint density at radius 2 is 1.87 bits per heavy atom. The lowest BCUT2D eigenvalue weighted by molar-refractivity contribution is -0.114. The van der Waals surface area contributed by atoms with E-state index in [1.807, 2.05) is 6.92 Å². The maximum Gasteiger partial charge on any atom is 0.338 e. The summed E-state index contributed by atoms with van der Waals surface area (Å²) in [6, 6.07) is 3.42. The number of aryl methyl sites for hydroxylation is 2. The molecule has 4 heteroatoms. The van der Waals surface area contributed by atoms with Crippen LogP contribution < -0.4 is 5.32 Å². The van der Waals surface area contributed by atoms with E-state index in [4.69, 9.17) is 5.11 Å². The van der Waals surface area contributed by atoms with E-state index in [9.17, 15) is 9.59 Å². The predicted molar refractivity (Wildman–Crippen MR) is 57.2 cm³/mol. The van der Waals surface area contributed by atoms with Crippen LogP contribution in [0.4, 0.5) is 5.69 Å². The van der Waals surface area contributed by atoms with Crippen molar-refractivity contribution in [3.8, 4) is 0 Å². The quantitative estimate of drug-likeness (QED) is 0.779. The minimum absolute atomic E-state index is 0.149. The predicted octanol–water partition coefficient (Wildman–Crippen LogP) is 1.96. The van der Waals surface area contributed by atoms with Crippen LogP contribution in [0.5, 0.6) is 0 Å². The summed E-state index contributed by atoms with van der Waals surface area (Å²) in [7, 11) is 0. The highest BCUT2D eigenvalue weighted by molar-refractivity contribution is 6.01. The molecule has 4 nitrogen and oxygen atoms in total. The van der Waals surface area contributed by atoms with Crippen LogP contribution >= 0.6 is 0 Å². The number of benzene rings is 1. The second-order valence-corrected chi connectivity index (χ2v) is 3.49. The Morgan fingerprint density at radius 1 is 1.27 bits per heavy atom. The zero-order chi connectivity index (χ0) is 11.6. The highest BCUT2D eigenvalue weighted by Gasteiger charge is 2.14. The number of nitrogens with one attached hydrogen (secondary N) is 1. The highest BCUT2D eigenvalue weighted by atomic mass is 16.4. The molecule has 0 radical (unpaired) electrons. The van der Waals surface area contributed by atoms with E-state index < -0.39 is 5.97 Å². The standard InChI is InChI=1S/C11H13NO3/c1-6-4-7(2)10(11(14)15)9(5-6)12-8(3)13/h4-5H,1-3H3,(H,12,13)(H,14,15). The van der Waals surface area contributed by atoms with Gasteiger partial charge in [0.1, 0.15) is 0 Å². The lowest BCUT2D eigenvalue weighted by Gasteiger charge is -2.10. The molecule has 1 rings (SSSR count). The SMILES string of the molecule is CC(=O)Nc1cc(C)cc(C)c1C(=O)O. The van der Waals surface area contributed by atoms with Gasteiger partial charge in [0.05, 0.1) is 11.3 Å². The van der Waals surface area contributed by atoms with Crippen LogP contribution in [-0.2, 0) is 4.79 Å². The number of carboxylic acid groups (broad SMARTS) is 1. The Labute approximate surface area is 87.9 Å². The average Bonchev–Trinajstić information content (AvgIpc) is 1.99. The maximum absolute atomic E-state index is 11.0. The molecule has 0 aromatic heterocycles. The van der Waals surface area contributed by atoms with Crippen LogP contribution in [0, 0.1) is 13.8 Å². The summed E-state index contributed by atoms with van der Waals surface area (Å²) in [6.45, 7) is 4.91. The molecule has 80 valence electrons. The smallest absolute Gasteiger partial charge is 0.338 e. The second kappa shape index (κ2) is 4.13. The third kappa shape index (κ3) is 2.56. The fourth-order valence-corrected chi connectivity index (χ4v) is 1.54. The molecule has 0 spiro atoms. The van der Waals surface area contributed by atoms with Crippen molar-refractivity contribution in [1.29, 1.82) is 0 Å². The normalized spacial score (nSPS) is 9.80. The summed E-state index contributed by atoms with van der Waals surface area (Å²) in [5.74, 6) is -1.31. The minimum Gasteiger partial charge on any atom is -0.478 e. The number of carbonyl (C=O) groups excluding carboxylic acids is 1. The van der Waals surface area contributed by atoms with Gasteiger partial charge in [-0.2, -0.15) is 0 Å². The van der Waals surface area contributed by atoms with Gasteiger partial charge in [0, 0.05) is 6.92 Å². The molecule has 0 heterocycles. The first-order chi connectivity index (χ1) is 6.91. The van der Waals surface area contributed by atoms with Crippen molar-refractivity contribution in [2.24, 2.45) is 0 Å². The molecule has 0 aliphatic carbocycles. The molecule has 0 unspecified atom stereocenters. The summed E-state index contributed by atoms with van der Waals surface area (Å²) >= 11 is 0. The van der Waals surface area contributed by atoms with Crippen molar-refractivity contribution >= 4 is 17.6 Å². The molecule has 0 bridgehead atoms. The summed E-state index contributed by atoms with van der Waals surface area (Å²) in [5, 5.41) is 11.5. The van der Waals surface area contributed by atoms with Gasteiger partial charge in [0.25, 0.3) is 0 Å². The second-order valence-electron chi connectivity index (χ2n) is 3.49. The Morgan fingerprint density at radius 3 is 2.33 bits per heavy atom. The van der Waals surface area contributed by atoms with Crippen molar-refractivity contribution in [1.82, 2.24) is 0 Å². The fourth-order valence-electron chi connectivity index (χ4n) is 1.54. The van der Waals surface area contributed by atoms with E-state index in [0.29, 0.717) is 11.3 Å². The van der Waals surface area contributed by atoms with E-state index in [0.717, 1.165) is 5.56 Å². The van der Waals surface area contributed by atoms with Crippen LogP contribution in [-0.4, -0.2) is 17.0 Å². The van der Waals surface area contributed by atoms with Gasteiger partial charge < -0.3 is 10.4 Å². The van der Waals surface area contributed by atoms with Gasteiger partial charge in [0.2, 0.25) is 5.91 Å². The van der Waals surface area contributed by atoms with Gasteiger partial charge in [0.15, 0.2) is 0 Å². The first kappa shape index (κ1) is 11.2. The summed E-state index contributed by atoms with van der Waals surface area (Å²) in [5.41, 5.74) is 2.07. The van der Waals surface area contributed by atoms with Gasteiger partial charge in [-0.05, 0) is 31.0 Å². The number of carbonyl (C=O) groups is 2. The monoisotopic (exact) mass is 207 g/mol. The van der Waals surface area contributed by atoms with Crippen molar-refractivity contribution in [2.45, 2.75) is 20.8 Å². The Kier molecular flexibility index (Phi) is 3.09. The Balaban J connectivity index is 3.33. The van der Waals surface area contributed by atoms with Crippen LogP contribution in [0.2, 0.25) is 0 Å². The van der Waals surface area contributed by atoms with Gasteiger partial charge >= 0.3 is 5.97 Å². The number of carboxylic acids is 1. The molecule has 1 amide bonds. The molecular weight excluding hydrogens is 194 g/mol. The van der Waals surface area contributed by atoms with Crippen molar-refractivity contribution in [2.75, 3.05) is 5.32 Å². The lowest BCUT2D eigenvalue weighted by Crippen LogP contribution is -2.12. The van der Waals surface area contributed by atoms with E-state index >= 15 is 0 Å². The molecule has 0 fully saturated rings. The van der Waals surface area contributed by atoms with E-state index in [1.165, 1.54) is 6.92 Å². The molecule has 0 saturated heterocycles. The molecule has 1 aromatic rings. The molecule has 0 aliphatic rings. The zero-order valence-corrected chi connectivity index (χ0v) is 8.92. The first-order valence-corrected chi connectivity index (χ1v) is 4.54. The molecule has 15 heavy (non-hydrogen) atoms. The highest BCUT2D eigenvalue weighted by Crippen LogP contribution is 2.22. The van der Waals surface area contributed by atoms with Gasteiger partial charge in [-0.15, -0.1) is 0 Å². The third-order valence-corrected chi connectivity index (χ3v) is 2.00. The fraction of sp³-hybridized carbons (Fsp3) is 0.273. The maximum atomic E-state index is 11.0. The lowest BCUT2D eigenvalue weighted by atomic mass is 10.0. The van der Waals surface area contributed by atoms with Crippen molar-refractivity contribution < 1.29 is 14.7 Å². The number of hydrogen-bond acceptors (Lipinski definition) is 2. The molecule has 0 atom stereocenters. The molecule has 2 N–H and O–H groups in total. The van der Waals surface area contributed by atoms with Gasteiger partial charge in [-0.25, -0.2) is 4.79 Å². The van der Waals surface area contributed by atoms with E-state index in [1.54, 1.807) is 19.1 Å². The van der Waals surface area contributed by atoms with Crippen LogP contribution in [0.1, 0.15) is 28.4 Å². The zero-order valence-electron chi connectivity index (χ0n) is 8.92. The summed E-state index contributed by atoms with van der Waals surface area (Å²) in [4.78, 5) is 21.9. The summed E-state index contributed by atoms with van der Waals surface area (Å²) in [6.07, 6.45) is 0. The number of hydrogen-bond donors (Lipinski definition) is 2. The Bertz CT molecular complexity index is 424. The number of anilines is 1. The molecular formula is C11H13NO3. The third-order valence-electron chi connectivity index (χ3n) is 2.00. The number of amides is 1. The van der Waals surface area contributed by atoms with Crippen LogP contribution in [0.15, 0.2) is 12.1 Å². The number of rotatable bonds is 2. The van der Waals surface area contributed by atoms with Gasteiger partial charge in [-0.1, -0.05) is 6.07 Å². The van der Waals surface area contributed by atoms with Crippen LogP contribution in [0.3, 0.4) is 0 Å². The van der Waals surface area contributed by atoms with Crippen LogP contribution in [0.25, 0.3) is 0 Å². The van der Waals surface area contributed by atoms with Crippen molar-refractivity contribution in [3.63, 3.8) is 0 Å². The van der Waals surface area contributed by atoms with E-state index in [-0.39, 0.29) is 11.5 Å². The molecule has 1 aromatic carbocycles. The molecule has 0 aliphatic heterocycles. The average molecular weight is 207 g/mol.